The Labute approximate surface area is 126 Å². The highest BCUT2D eigenvalue weighted by molar-refractivity contribution is 7.10. The van der Waals surface area contributed by atoms with Gasteiger partial charge in [0, 0.05) is 17.5 Å². The molecular formula is C16H12N4S. The number of thiophene rings is 1. The van der Waals surface area contributed by atoms with Gasteiger partial charge in [0.2, 0.25) is 0 Å². The molecule has 102 valence electrons. The molecule has 2 aromatic heterocycles. The molecule has 1 aromatic carbocycles. The van der Waals surface area contributed by atoms with Crippen molar-refractivity contribution in [1.29, 1.82) is 5.26 Å². The van der Waals surface area contributed by atoms with E-state index in [0.29, 0.717) is 11.4 Å². The van der Waals surface area contributed by atoms with Crippen LogP contribution in [0.1, 0.15) is 10.7 Å². The Morgan fingerprint density at radius 1 is 1.19 bits per heavy atom. The van der Waals surface area contributed by atoms with Gasteiger partial charge in [0.05, 0.1) is 5.57 Å². The zero-order valence-electron chi connectivity index (χ0n) is 11.4. The number of benzene rings is 1. The zero-order valence-corrected chi connectivity index (χ0v) is 12.2. The molecule has 0 bridgehead atoms. The third kappa shape index (κ3) is 2.62. The van der Waals surface area contributed by atoms with Gasteiger partial charge in [-0.1, -0.05) is 36.4 Å². The summed E-state index contributed by atoms with van der Waals surface area (Å²) in [5.74, 6) is 1.32. The molecule has 4 nitrogen and oxygen atoms in total. The second-order valence-corrected chi connectivity index (χ2v) is 5.44. The third-order valence-electron chi connectivity index (χ3n) is 3.10. The van der Waals surface area contributed by atoms with Gasteiger partial charge in [-0.25, -0.2) is 0 Å². The summed E-state index contributed by atoms with van der Waals surface area (Å²) < 4.78 is 1.85. The fraction of sp³-hybridized carbons (Fsp3) is 0.0625. The second-order valence-electron chi connectivity index (χ2n) is 4.46. The van der Waals surface area contributed by atoms with Gasteiger partial charge in [0.25, 0.3) is 0 Å². The molecule has 0 radical (unpaired) electrons. The first-order valence-corrected chi connectivity index (χ1v) is 7.28. The Bertz CT molecular complexity index is 808. The van der Waals surface area contributed by atoms with Crippen molar-refractivity contribution in [2.75, 3.05) is 0 Å². The van der Waals surface area contributed by atoms with Crippen LogP contribution in [-0.4, -0.2) is 14.8 Å². The fourth-order valence-electron chi connectivity index (χ4n) is 2.06. The van der Waals surface area contributed by atoms with Crippen LogP contribution in [0.2, 0.25) is 0 Å². The molecule has 21 heavy (non-hydrogen) atoms. The number of hydrogen-bond donors (Lipinski definition) is 0. The van der Waals surface area contributed by atoms with Gasteiger partial charge in [-0.2, -0.15) is 5.26 Å². The van der Waals surface area contributed by atoms with E-state index in [-0.39, 0.29) is 0 Å². The average molecular weight is 292 g/mol. The van der Waals surface area contributed by atoms with Crippen molar-refractivity contribution in [2.45, 2.75) is 0 Å². The quantitative estimate of drug-likeness (QED) is 0.693. The molecule has 0 atom stereocenters. The second kappa shape index (κ2) is 5.73. The van der Waals surface area contributed by atoms with Crippen LogP contribution in [0, 0.1) is 11.3 Å². The van der Waals surface area contributed by atoms with E-state index in [4.69, 9.17) is 0 Å². The molecule has 0 saturated heterocycles. The first-order chi connectivity index (χ1) is 10.3. The maximum Gasteiger partial charge on any atom is 0.174 e. The number of hydrogen-bond acceptors (Lipinski definition) is 4. The summed E-state index contributed by atoms with van der Waals surface area (Å²) in [6.07, 6.45) is 1.84. The van der Waals surface area contributed by atoms with Crippen LogP contribution in [0.3, 0.4) is 0 Å². The summed E-state index contributed by atoms with van der Waals surface area (Å²) >= 11 is 1.59. The maximum atomic E-state index is 9.39. The standard InChI is InChI=1S/C16H12N4S/c1-20-15(12-6-3-2-4-7-12)18-19-16(20)13(11-17)10-14-8-5-9-21-14/h2-10H,1H3/b13-10+. The molecule has 3 rings (SSSR count). The van der Waals surface area contributed by atoms with E-state index >= 15 is 0 Å². The Morgan fingerprint density at radius 3 is 2.67 bits per heavy atom. The van der Waals surface area contributed by atoms with Gasteiger partial charge in [-0.15, -0.1) is 21.5 Å². The van der Waals surface area contributed by atoms with Crippen molar-refractivity contribution in [3.8, 4) is 17.5 Å². The molecule has 3 aromatic rings. The number of nitriles is 1. The first-order valence-electron chi connectivity index (χ1n) is 6.40. The van der Waals surface area contributed by atoms with Gasteiger partial charge in [0.1, 0.15) is 6.07 Å². The van der Waals surface area contributed by atoms with Crippen LogP contribution in [0.15, 0.2) is 47.8 Å². The Kier molecular flexibility index (Phi) is 3.63. The predicted molar refractivity (Wildman–Crippen MR) is 84.2 cm³/mol. The number of nitrogens with zero attached hydrogens (tertiary/aromatic N) is 4. The smallest absolute Gasteiger partial charge is 0.174 e. The normalized spacial score (nSPS) is 11.3. The van der Waals surface area contributed by atoms with Crippen molar-refractivity contribution in [2.24, 2.45) is 7.05 Å². The molecule has 0 aliphatic rings. The van der Waals surface area contributed by atoms with Gasteiger partial charge in [-0.3, -0.25) is 0 Å². The third-order valence-corrected chi connectivity index (χ3v) is 3.92. The van der Waals surface area contributed by atoms with Crippen LogP contribution in [0.25, 0.3) is 23.0 Å². The van der Waals surface area contributed by atoms with Crippen LogP contribution in [-0.2, 0) is 7.05 Å². The molecule has 0 aliphatic carbocycles. The molecule has 0 unspecified atom stereocenters. The van der Waals surface area contributed by atoms with Crippen molar-refractivity contribution in [3.05, 3.63) is 58.5 Å². The molecule has 0 spiro atoms. The van der Waals surface area contributed by atoms with Gasteiger partial charge < -0.3 is 4.57 Å². The van der Waals surface area contributed by atoms with Gasteiger partial charge >= 0.3 is 0 Å². The van der Waals surface area contributed by atoms with Crippen molar-refractivity contribution < 1.29 is 0 Å². The summed E-state index contributed by atoms with van der Waals surface area (Å²) in [5.41, 5.74) is 1.49. The van der Waals surface area contributed by atoms with Crippen LogP contribution in [0.5, 0.6) is 0 Å². The predicted octanol–water partition coefficient (Wildman–Crippen LogP) is 3.61. The van der Waals surface area contributed by atoms with E-state index in [2.05, 4.69) is 16.3 Å². The summed E-state index contributed by atoms with van der Waals surface area (Å²) in [7, 11) is 1.87. The minimum Gasteiger partial charge on any atom is -0.310 e. The highest BCUT2D eigenvalue weighted by Gasteiger charge is 2.14. The Morgan fingerprint density at radius 2 is 2.00 bits per heavy atom. The molecule has 0 amide bonds. The molecule has 0 saturated carbocycles. The van der Waals surface area contributed by atoms with Crippen molar-refractivity contribution in [3.63, 3.8) is 0 Å². The number of rotatable bonds is 3. The average Bonchev–Trinajstić information content (AvgIpc) is 3.15. The molecule has 2 heterocycles. The summed E-state index contributed by atoms with van der Waals surface area (Å²) in [6, 6.07) is 15.9. The molecule has 0 N–H and O–H groups in total. The first kappa shape index (κ1) is 13.3. The lowest BCUT2D eigenvalue weighted by Gasteiger charge is -2.02. The van der Waals surface area contributed by atoms with Gasteiger partial charge in [-0.05, 0) is 17.5 Å². The van der Waals surface area contributed by atoms with E-state index in [1.54, 1.807) is 11.3 Å². The minimum atomic E-state index is 0.509. The van der Waals surface area contributed by atoms with Crippen LogP contribution in [0.4, 0.5) is 0 Å². The zero-order chi connectivity index (χ0) is 14.7. The SMILES string of the molecule is Cn1c(/C(C#N)=C/c2cccs2)nnc1-c1ccccc1. The fourth-order valence-corrected chi connectivity index (χ4v) is 2.72. The van der Waals surface area contributed by atoms with Crippen molar-refractivity contribution in [1.82, 2.24) is 14.8 Å². The summed E-state index contributed by atoms with van der Waals surface area (Å²) in [6.45, 7) is 0. The lowest BCUT2D eigenvalue weighted by atomic mass is 10.2. The van der Waals surface area contributed by atoms with E-state index in [9.17, 15) is 5.26 Å². The monoisotopic (exact) mass is 292 g/mol. The summed E-state index contributed by atoms with van der Waals surface area (Å²) in [5, 5.41) is 19.7. The minimum absolute atomic E-state index is 0.509. The maximum absolute atomic E-state index is 9.39. The van der Waals surface area contributed by atoms with E-state index in [1.165, 1.54) is 0 Å². The van der Waals surface area contributed by atoms with Crippen molar-refractivity contribution >= 4 is 23.0 Å². The largest absolute Gasteiger partial charge is 0.310 e. The Hall–Kier alpha value is -2.71. The molecule has 5 heteroatoms. The lowest BCUT2D eigenvalue weighted by Crippen LogP contribution is -1.98. The Balaban J connectivity index is 2.04. The summed E-state index contributed by atoms with van der Waals surface area (Å²) in [4.78, 5) is 1.02. The van der Waals surface area contributed by atoms with E-state index in [0.717, 1.165) is 16.3 Å². The van der Waals surface area contributed by atoms with Gasteiger partial charge in [0.15, 0.2) is 11.6 Å². The molecule has 0 fully saturated rings. The molecule has 0 aliphatic heterocycles. The lowest BCUT2D eigenvalue weighted by molar-refractivity contribution is 0.901. The van der Waals surface area contributed by atoms with E-state index < -0.39 is 0 Å². The number of allylic oxidation sites excluding steroid dienone is 1. The highest BCUT2D eigenvalue weighted by Crippen LogP contribution is 2.23. The van der Waals surface area contributed by atoms with Crippen LogP contribution < -0.4 is 0 Å². The topological polar surface area (TPSA) is 54.5 Å². The number of aromatic nitrogens is 3. The van der Waals surface area contributed by atoms with E-state index in [1.807, 2.05) is 65.5 Å². The highest BCUT2D eigenvalue weighted by atomic mass is 32.1. The van der Waals surface area contributed by atoms with Crippen LogP contribution >= 0.6 is 11.3 Å². The molecular weight excluding hydrogens is 280 g/mol.